The molecule has 0 N–H and O–H groups in total. The number of piperidine rings is 1. The zero-order valence-electron chi connectivity index (χ0n) is 12.7. The predicted octanol–water partition coefficient (Wildman–Crippen LogP) is 3.59. The van der Waals surface area contributed by atoms with Gasteiger partial charge in [0, 0.05) is 24.0 Å². The van der Waals surface area contributed by atoms with Crippen molar-refractivity contribution in [1.82, 2.24) is 9.88 Å². The molecule has 1 unspecified atom stereocenters. The maximum absolute atomic E-state index is 12.6. The molecule has 1 fully saturated rings. The van der Waals surface area contributed by atoms with Crippen LogP contribution in [0, 0.1) is 5.92 Å². The third-order valence-electron chi connectivity index (χ3n) is 3.90. The highest BCUT2D eigenvalue weighted by Crippen LogP contribution is 2.20. The van der Waals surface area contributed by atoms with Crippen molar-refractivity contribution in [3.05, 3.63) is 46.4 Å². The number of amides is 1. The number of aromatic nitrogens is 1. The number of ether oxygens (including phenoxy) is 1. The second kappa shape index (κ2) is 6.92. The topological polar surface area (TPSA) is 42.4 Å². The molecule has 1 aromatic heterocycles. The lowest BCUT2D eigenvalue weighted by molar-refractivity contribution is 0.0682. The lowest BCUT2D eigenvalue weighted by Gasteiger charge is -2.31. The number of likely N-dealkylation sites (tertiary alicyclic amines) is 1. The molecule has 1 amide bonds. The van der Waals surface area contributed by atoms with Crippen LogP contribution < -0.4 is 4.74 Å². The number of carbonyl (C=O) groups excluding carboxylic acids is 1. The highest BCUT2D eigenvalue weighted by Gasteiger charge is 2.22. The molecule has 0 spiro atoms. The van der Waals surface area contributed by atoms with Crippen molar-refractivity contribution < 1.29 is 9.53 Å². The number of nitrogens with zero attached hydrogens (tertiary/aromatic N) is 2. The molecular formula is C17H20N2O2S. The van der Waals surface area contributed by atoms with Crippen LogP contribution in [0.3, 0.4) is 0 Å². The molecule has 4 nitrogen and oxygen atoms in total. The van der Waals surface area contributed by atoms with Gasteiger partial charge in [-0.05, 0) is 37.0 Å². The highest BCUT2D eigenvalue weighted by atomic mass is 32.1. The highest BCUT2D eigenvalue weighted by molar-refractivity contribution is 7.07. The van der Waals surface area contributed by atoms with Crippen LogP contribution in [0.2, 0.25) is 0 Å². The maximum Gasteiger partial charge on any atom is 0.253 e. The molecule has 0 aliphatic carbocycles. The van der Waals surface area contributed by atoms with E-state index in [2.05, 4.69) is 11.9 Å². The fourth-order valence-electron chi connectivity index (χ4n) is 2.74. The molecule has 0 saturated carbocycles. The first-order chi connectivity index (χ1) is 10.7. The lowest BCUT2D eigenvalue weighted by Crippen LogP contribution is -2.39. The van der Waals surface area contributed by atoms with Crippen molar-refractivity contribution in [2.75, 3.05) is 13.1 Å². The Kier molecular flexibility index (Phi) is 4.73. The van der Waals surface area contributed by atoms with E-state index in [4.69, 9.17) is 4.74 Å². The largest absolute Gasteiger partial charge is 0.487 e. The first-order valence-electron chi connectivity index (χ1n) is 7.61. The minimum Gasteiger partial charge on any atom is -0.487 e. The first kappa shape index (κ1) is 15.0. The molecule has 5 heteroatoms. The summed E-state index contributed by atoms with van der Waals surface area (Å²) in [5.74, 6) is 1.40. The number of hydrogen-bond acceptors (Lipinski definition) is 4. The fraction of sp³-hybridized carbons (Fsp3) is 0.412. The van der Waals surface area contributed by atoms with Gasteiger partial charge in [-0.15, -0.1) is 11.3 Å². The Morgan fingerprint density at radius 3 is 3.18 bits per heavy atom. The van der Waals surface area contributed by atoms with E-state index >= 15 is 0 Å². The average Bonchev–Trinajstić information content (AvgIpc) is 3.06. The van der Waals surface area contributed by atoms with Crippen LogP contribution >= 0.6 is 11.3 Å². The van der Waals surface area contributed by atoms with Gasteiger partial charge in [-0.3, -0.25) is 4.79 Å². The quantitative estimate of drug-likeness (QED) is 0.865. The molecule has 116 valence electrons. The summed E-state index contributed by atoms with van der Waals surface area (Å²) in [4.78, 5) is 18.7. The number of hydrogen-bond donors (Lipinski definition) is 0. The Bertz CT molecular complexity index is 627. The van der Waals surface area contributed by atoms with Crippen LogP contribution in [-0.2, 0) is 6.61 Å². The summed E-state index contributed by atoms with van der Waals surface area (Å²) in [6, 6.07) is 7.43. The van der Waals surface area contributed by atoms with Crippen molar-refractivity contribution in [3.8, 4) is 5.75 Å². The fourth-order valence-corrected chi connectivity index (χ4v) is 3.28. The Morgan fingerprint density at radius 2 is 2.41 bits per heavy atom. The maximum atomic E-state index is 12.6. The minimum absolute atomic E-state index is 0.102. The minimum atomic E-state index is 0.102. The Balaban J connectivity index is 1.66. The average molecular weight is 316 g/mol. The van der Waals surface area contributed by atoms with E-state index in [1.54, 1.807) is 16.8 Å². The third-order valence-corrected chi connectivity index (χ3v) is 4.53. The molecule has 0 bridgehead atoms. The van der Waals surface area contributed by atoms with E-state index in [9.17, 15) is 4.79 Å². The molecule has 1 atom stereocenters. The van der Waals surface area contributed by atoms with Crippen LogP contribution in [0.15, 0.2) is 35.2 Å². The van der Waals surface area contributed by atoms with Gasteiger partial charge in [-0.2, -0.15) is 0 Å². The third kappa shape index (κ3) is 3.65. The van der Waals surface area contributed by atoms with E-state index in [1.807, 2.05) is 34.5 Å². The van der Waals surface area contributed by atoms with Crippen LogP contribution in [0.25, 0.3) is 0 Å². The number of thiazole rings is 1. The number of carbonyl (C=O) groups is 1. The summed E-state index contributed by atoms with van der Waals surface area (Å²) < 4.78 is 5.72. The summed E-state index contributed by atoms with van der Waals surface area (Å²) in [7, 11) is 0. The van der Waals surface area contributed by atoms with E-state index in [1.165, 1.54) is 6.42 Å². The van der Waals surface area contributed by atoms with Gasteiger partial charge in [-0.1, -0.05) is 13.0 Å². The Morgan fingerprint density at radius 1 is 1.50 bits per heavy atom. The van der Waals surface area contributed by atoms with E-state index in [0.717, 1.165) is 25.2 Å². The van der Waals surface area contributed by atoms with Gasteiger partial charge in [0.2, 0.25) is 0 Å². The summed E-state index contributed by atoms with van der Waals surface area (Å²) in [5.41, 5.74) is 3.40. The summed E-state index contributed by atoms with van der Waals surface area (Å²) >= 11 is 1.55. The summed E-state index contributed by atoms with van der Waals surface area (Å²) in [6.45, 7) is 4.34. The van der Waals surface area contributed by atoms with Crippen molar-refractivity contribution in [2.45, 2.75) is 26.4 Å². The number of benzene rings is 1. The zero-order valence-corrected chi connectivity index (χ0v) is 13.5. The van der Waals surface area contributed by atoms with E-state index in [0.29, 0.717) is 23.8 Å². The van der Waals surface area contributed by atoms with Gasteiger partial charge in [0.25, 0.3) is 5.91 Å². The van der Waals surface area contributed by atoms with Gasteiger partial charge in [-0.25, -0.2) is 4.98 Å². The lowest BCUT2D eigenvalue weighted by atomic mass is 9.99. The molecule has 1 aliphatic rings. The molecule has 22 heavy (non-hydrogen) atoms. The van der Waals surface area contributed by atoms with Crippen molar-refractivity contribution >= 4 is 17.2 Å². The standard InChI is InChI=1S/C17H20N2O2S/c1-13-4-3-7-19(9-13)17(20)14-5-2-6-16(8-14)21-10-15-11-22-12-18-15/h2,5-6,8,11-13H,3-4,7,9-10H2,1H3. The molecule has 0 radical (unpaired) electrons. The predicted molar refractivity (Wildman–Crippen MR) is 87.2 cm³/mol. The molecular weight excluding hydrogens is 296 g/mol. The van der Waals surface area contributed by atoms with Gasteiger partial charge >= 0.3 is 0 Å². The number of rotatable bonds is 4. The van der Waals surface area contributed by atoms with Gasteiger partial charge in [0.05, 0.1) is 11.2 Å². The summed E-state index contributed by atoms with van der Waals surface area (Å²) in [5, 5.41) is 1.96. The summed E-state index contributed by atoms with van der Waals surface area (Å²) in [6.07, 6.45) is 2.30. The molecule has 1 saturated heterocycles. The van der Waals surface area contributed by atoms with Crippen LogP contribution in [0.5, 0.6) is 5.75 Å². The molecule has 2 aromatic rings. The Labute approximate surface area is 134 Å². The van der Waals surface area contributed by atoms with Gasteiger partial charge < -0.3 is 9.64 Å². The SMILES string of the molecule is CC1CCCN(C(=O)c2cccc(OCc3cscn3)c2)C1. The normalized spacial score (nSPS) is 18.2. The van der Waals surface area contributed by atoms with Crippen molar-refractivity contribution in [1.29, 1.82) is 0 Å². The van der Waals surface area contributed by atoms with Crippen molar-refractivity contribution in [2.24, 2.45) is 5.92 Å². The van der Waals surface area contributed by atoms with Crippen LogP contribution in [0.4, 0.5) is 0 Å². The molecule has 2 heterocycles. The second-order valence-corrected chi connectivity index (χ2v) is 6.51. The van der Waals surface area contributed by atoms with E-state index in [-0.39, 0.29) is 5.91 Å². The van der Waals surface area contributed by atoms with Crippen LogP contribution in [0.1, 0.15) is 35.8 Å². The molecule has 1 aliphatic heterocycles. The van der Waals surface area contributed by atoms with Gasteiger partial charge in [0.1, 0.15) is 12.4 Å². The zero-order chi connectivity index (χ0) is 15.4. The van der Waals surface area contributed by atoms with Crippen molar-refractivity contribution in [3.63, 3.8) is 0 Å². The molecule has 3 rings (SSSR count). The Hall–Kier alpha value is -1.88. The second-order valence-electron chi connectivity index (χ2n) is 5.79. The first-order valence-corrected chi connectivity index (χ1v) is 8.56. The molecule has 1 aromatic carbocycles. The smallest absolute Gasteiger partial charge is 0.253 e. The van der Waals surface area contributed by atoms with Crippen LogP contribution in [-0.4, -0.2) is 28.9 Å². The van der Waals surface area contributed by atoms with Gasteiger partial charge in [0.15, 0.2) is 0 Å². The van der Waals surface area contributed by atoms with E-state index < -0.39 is 0 Å². The monoisotopic (exact) mass is 316 g/mol.